The van der Waals surface area contributed by atoms with Crippen molar-refractivity contribution in [3.8, 4) is 0 Å². The van der Waals surface area contributed by atoms with Crippen LogP contribution in [0.2, 0.25) is 0 Å². The summed E-state index contributed by atoms with van der Waals surface area (Å²) in [7, 11) is 2.16. The molecule has 0 spiro atoms. The molecule has 3 heteroatoms. The molecule has 0 unspecified atom stereocenters. The lowest BCUT2D eigenvalue weighted by Crippen LogP contribution is -2.22. The van der Waals surface area contributed by atoms with Gasteiger partial charge in [0.1, 0.15) is 0 Å². The molecule has 1 heterocycles. The van der Waals surface area contributed by atoms with Crippen LogP contribution >= 0.6 is 22.9 Å². The standard InChI is InChI=1S/C11H18ClNS/c1-10-5-9-14-11(10)4-8-13(2)7-3-6-12/h5,9H,3-4,6-8H2,1-2H3. The van der Waals surface area contributed by atoms with Gasteiger partial charge in [-0.3, -0.25) is 0 Å². The molecule has 0 aromatic carbocycles. The number of halogens is 1. The summed E-state index contributed by atoms with van der Waals surface area (Å²) in [6.07, 6.45) is 2.25. The van der Waals surface area contributed by atoms with E-state index in [1.165, 1.54) is 16.9 Å². The first-order chi connectivity index (χ1) is 6.74. The molecule has 0 aliphatic carbocycles. The van der Waals surface area contributed by atoms with Gasteiger partial charge >= 0.3 is 0 Å². The largest absolute Gasteiger partial charge is 0.306 e. The summed E-state index contributed by atoms with van der Waals surface area (Å²) < 4.78 is 0. The van der Waals surface area contributed by atoms with Crippen LogP contribution in [0.5, 0.6) is 0 Å². The lowest BCUT2D eigenvalue weighted by Gasteiger charge is -2.15. The number of alkyl halides is 1. The molecule has 1 nitrogen and oxygen atoms in total. The van der Waals surface area contributed by atoms with Gasteiger partial charge in [-0.05, 0) is 50.4 Å². The fourth-order valence-electron chi connectivity index (χ4n) is 1.39. The Bertz CT molecular complexity index is 260. The number of rotatable bonds is 6. The SMILES string of the molecule is Cc1ccsc1CCN(C)CCCCl. The van der Waals surface area contributed by atoms with Crippen molar-refractivity contribution in [1.82, 2.24) is 4.90 Å². The maximum absolute atomic E-state index is 5.65. The van der Waals surface area contributed by atoms with E-state index in [1.807, 2.05) is 11.3 Å². The van der Waals surface area contributed by atoms with Gasteiger partial charge in [0.25, 0.3) is 0 Å². The van der Waals surface area contributed by atoms with E-state index in [0.29, 0.717) is 0 Å². The van der Waals surface area contributed by atoms with Crippen LogP contribution in [-0.2, 0) is 6.42 Å². The molecular weight excluding hydrogens is 214 g/mol. The van der Waals surface area contributed by atoms with Gasteiger partial charge in [0, 0.05) is 17.3 Å². The Morgan fingerprint density at radius 1 is 1.43 bits per heavy atom. The van der Waals surface area contributed by atoms with Gasteiger partial charge in [0.15, 0.2) is 0 Å². The molecule has 0 bridgehead atoms. The van der Waals surface area contributed by atoms with E-state index in [9.17, 15) is 0 Å². The van der Waals surface area contributed by atoms with Crippen LogP contribution in [0.4, 0.5) is 0 Å². The van der Waals surface area contributed by atoms with Gasteiger partial charge in [-0.2, -0.15) is 0 Å². The van der Waals surface area contributed by atoms with Crippen LogP contribution in [0.25, 0.3) is 0 Å². The Morgan fingerprint density at radius 2 is 2.21 bits per heavy atom. The topological polar surface area (TPSA) is 3.24 Å². The minimum atomic E-state index is 0.766. The van der Waals surface area contributed by atoms with Crippen LogP contribution in [0.15, 0.2) is 11.4 Å². The minimum Gasteiger partial charge on any atom is -0.306 e. The van der Waals surface area contributed by atoms with E-state index >= 15 is 0 Å². The Kier molecular flexibility index (Phi) is 5.53. The molecule has 0 saturated carbocycles. The normalized spacial score (nSPS) is 11.1. The van der Waals surface area contributed by atoms with Crippen molar-refractivity contribution < 1.29 is 0 Å². The molecule has 0 N–H and O–H groups in total. The maximum Gasteiger partial charge on any atom is 0.0235 e. The summed E-state index contributed by atoms with van der Waals surface area (Å²) in [6, 6.07) is 2.19. The molecule has 0 fully saturated rings. The van der Waals surface area contributed by atoms with Crippen molar-refractivity contribution in [2.75, 3.05) is 26.0 Å². The van der Waals surface area contributed by atoms with Gasteiger partial charge in [-0.15, -0.1) is 22.9 Å². The third-order valence-corrected chi connectivity index (χ3v) is 3.71. The summed E-state index contributed by atoms with van der Waals surface area (Å²) in [6.45, 7) is 4.43. The highest BCUT2D eigenvalue weighted by Crippen LogP contribution is 2.16. The zero-order valence-corrected chi connectivity index (χ0v) is 10.5. The van der Waals surface area contributed by atoms with Gasteiger partial charge in [-0.1, -0.05) is 0 Å². The van der Waals surface area contributed by atoms with E-state index < -0.39 is 0 Å². The molecular formula is C11H18ClNS. The van der Waals surface area contributed by atoms with Gasteiger partial charge in [0.2, 0.25) is 0 Å². The third kappa shape index (κ3) is 3.99. The Labute approximate surface area is 95.7 Å². The molecule has 0 atom stereocenters. The second-order valence-electron chi connectivity index (χ2n) is 3.62. The molecule has 0 aliphatic rings. The van der Waals surface area contributed by atoms with E-state index in [0.717, 1.165) is 25.4 Å². The zero-order valence-electron chi connectivity index (χ0n) is 8.92. The van der Waals surface area contributed by atoms with E-state index in [2.05, 4.69) is 30.3 Å². The summed E-state index contributed by atoms with van der Waals surface area (Å²) in [5, 5.41) is 2.17. The summed E-state index contributed by atoms with van der Waals surface area (Å²) in [4.78, 5) is 3.87. The Hall–Kier alpha value is -0.0500. The molecule has 1 aromatic rings. The first-order valence-electron chi connectivity index (χ1n) is 5.01. The van der Waals surface area contributed by atoms with Crippen LogP contribution in [-0.4, -0.2) is 30.9 Å². The van der Waals surface area contributed by atoms with Crippen LogP contribution < -0.4 is 0 Å². The molecule has 1 rings (SSSR count). The first kappa shape index (κ1) is 12.0. The van der Waals surface area contributed by atoms with Crippen LogP contribution in [0.3, 0.4) is 0 Å². The fraction of sp³-hybridized carbons (Fsp3) is 0.636. The summed E-state index contributed by atoms with van der Waals surface area (Å²) in [5.74, 6) is 0.766. The molecule has 0 aliphatic heterocycles. The van der Waals surface area contributed by atoms with Crippen molar-refractivity contribution in [2.24, 2.45) is 0 Å². The Morgan fingerprint density at radius 3 is 2.79 bits per heavy atom. The fourth-order valence-corrected chi connectivity index (χ4v) is 2.41. The number of likely N-dealkylation sites (N-methyl/N-ethyl adjacent to an activating group) is 1. The molecule has 80 valence electrons. The van der Waals surface area contributed by atoms with Crippen LogP contribution in [0.1, 0.15) is 16.9 Å². The highest BCUT2D eigenvalue weighted by Gasteiger charge is 2.02. The quantitative estimate of drug-likeness (QED) is 0.680. The van der Waals surface area contributed by atoms with Gasteiger partial charge < -0.3 is 4.90 Å². The smallest absolute Gasteiger partial charge is 0.0235 e. The van der Waals surface area contributed by atoms with Crippen molar-refractivity contribution in [1.29, 1.82) is 0 Å². The molecule has 0 saturated heterocycles. The Balaban J connectivity index is 2.23. The van der Waals surface area contributed by atoms with Gasteiger partial charge in [-0.25, -0.2) is 0 Å². The van der Waals surface area contributed by atoms with Gasteiger partial charge in [0.05, 0.1) is 0 Å². The van der Waals surface area contributed by atoms with Crippen molar-refractivity contribution in [2.45, 2.75) is 19.8 Å². The second kappa shape index (κ2) is 6.44. The first-order valence-corrected chi connectivity index (χ1v) is 6.43. The molecule has 0 radical (unpaired) electrons. The number of thiophene rings is 1. The van der Waals surface area contributed by atoms with Crippen LogP contribution in [0, 0.1) is 6.92 Å². The third-order valence-electron chi connectivity index (χ3n) is 2.36. The maximum atomic E-state index is 5.65. The lowest BCUT2D eigenvalue weighted by atomic mass is 10.2. The van der Waals surface area contributed by atoms with Crippen molar-refractivity contribution >= 4 is 22.9 Å². The molecule has 0 amide bonds. The second-order valence-corrected chi connectivity index (χ2v) is 5.00. The zero-order chi connectivity index (χ0) is 10.4. The number of nitrogens with zero attached hydrogens (tertiary/aromatic N) is 1. The predicted molar refractivity (Wildman–Crippen MR) is 65.6 cm³/mol. The van der Waals surface area contributed by atoms with E-state index in [-0.39, 0.29) is 0 Å². The molecule has 1 aromatic heterocycles. The van der Waals surface area contributed by atoms with Crippen molar-refractivity contribution in [3.63, 3.8) is 0 Å². The summed E-state index contributed by atoms with van der Waals surface area (Å²) >= 11 is 7.51. The average Bonchev–Trinajstić information content (AvgIpc) is 2.58. The highest BCUT2D eigenvalue weighted by atomic mass is 35.5. The number of aryl methyl sites for hydroxylation is 1. The minimum absolute atomic E-state index is 0.766. The lowest BCUT2D eigenvalue weighted by molar-refractivity contribution is 0.340. The van der Waals surface area contributed by atoms with E-state index in [4.69, 9.17) is 11.6 Å². The summed E-state index contributed by atoms with van der Waals surface area (Å²) in [5.41, 5.74) is 1.43. The molecule has 14 heavy (non-hydrogen) atoms. The highest BCUT2D eigenvalue weighted by molar-refractivity contribution is 7.10. The average molecular weight is 232 g/mol. The number of hydrogen-bond acceptors (Lipinski definition) is 2. The number of hydrogen-bond donors (Lipinski definition) is 0. The van der Waals surface area contributed by atoms with E-state index in [1.54, 1.807) is 0 Å². The van der Waals surface area contributed by atoms with Crippen molar-refractivity contribution in [3.05, 3.63) is 21.9 Å². The monoisotopic (exact) mass is 231 g/mol. The predicted octanol–water partition coefficient (Wildman–Crippen LogP) is 3.16.